The summed E-state index contributed by atoms with van der Waals surface area (Å²) in [6.07, 6.45) is 2.85. The third-order valence-electron chi connectivity index (χ3n) is 1.84. The van der Waals surface area contributed by atoms with Crippen molar-refractivity contribution < 1.29 is 9.53 Å². The number of nitrogens with two attached hydrogens (primary N) is 1. The van der Waals surface area contributed by atoms with E-state index in [9.17, 15) is 4.79 Å². The largest absolute Gasteiger partial charge is 0.465 e. The maximum absolute atomic E-state index is 11.4. The summed E-state index contributed by atoms with van der Waals surface area (Å²) >= 11 is 0. The van der Waals surface area contributed by atoms with Crippen LogP contribution in [0.15, 0.2) is 5.11 Å². The lowest BCUT2D eigenvalue weighted by Crippen LogP contribution is -2.21. The molecule has 15 heavy (non-hydrogen) atoms. The molecule has 0 saturated heterocycles. The number of nitrogens with zero attached hydrogens (tertiary/aromatic N) is 3. The predicted octanol–water partition coefficient (Wildman–Crippen LogP) is 1.75. The smallest absolute Gasteiger partial charge is 0.314 e. The number of azide groups is 1. The minimum absolute atomic E-state index is 0.368. The first-order chi connectivity index (χ1) is 7.26. The number of hydrogen-bond acceptors (Lipinski definition) is 4. The van der Waals surface area contributed by atoms with Crippen LogP contribution in [0.5, 0.6) is 0 Å². The number of carbonyl (C=O) groups excluding carboxylic acids is 1. The summed E-state index contributed by atoms with van der Waals surface area (Å²) in [5.74, 6) is -0.438. The van der Waals surface area contributed by atoms with Crippen molar-refractivity contribution in [3.05, 3.63) is 10.4 Å². The Morgan fingerprint density at radius 2 is 2.33 bits per heavy atom. The van der Waals surface area contributed by atoms with Gasteiger partial charge in [0.1, 0.15) is 6.04 Å². The number of unbranched alkanes of at least 4 members (excludes halogenated alkanes) is 1. The zero-order valence-corrected chi connectivity index (χ0v) is 9.06. The minimum Gasteiger partial charge on any atom is -0.465 e. The maximum Gasteiger partial charge on any atom is 0.314 e. The summed E-state index contributed by atoms with van der Waals surface area (Å²) < 4.78 is 4.90. The molecule has 1 atom stereocenters. The monoisotopic (exact) mass is 214 g/mol. The first-order valence-electron chi connectivity index (χ1n) is 5.17. The average Bonchev–Trinajstić information content (AvgIpc) is 2.25. The van der Waals surface area contributed by atoms with E-state index < -0.39 is 12.0 Å². The lowest BCUT2D eigenvalue weighted by atomic mass is 10.1. The Kier molecular flexibility index (Phi) is 8.52. The van der Waals surface area contributed by atoms with Crippen molar-refractivity contribution in [2.75, 3.05) is 13.2 Å². The first-order valence-corrected chi connectivity index (χ1v) is 5.17. The molecule has 0 rings (SSSR count). The third kappa shape index (κ3) is 6.76. The van der Waals surface area contributed by atoms with Gasteiger partial charge in [0.25, 0.3) is 0 Å². The molecule has 0 aromatic carbocycles. The van der Waals surface area contributed by atoms with Gasteiger partial charge in [-0.15, -0.1) is 0 Å². The van der Waals surface area contributed by atoms with E-state index in [1.165, 1.54) is 0 Å². The number of ether oxygens (including phenoxy) is 1. The van der Waals surface area contributed by atoms with E-state index in [4.69, 9.17) is 16.0 Å². The van der Waals surface area contributed by atoms with Gasteiger partial charge in [0.15, 0.2) is 0 Å². The van der Waals surface area contributed by atoms with Gasteiger partial charge in [-0.3, -0.25) is 4.79 Å². The van der Waals surface area contributed by atoms with Crippen molar-refractivity contribution in [2.24, 2.45) is 10.8 Å². The summed E-state index contributed by atoms with van der Waals surface area (Å²) in [6.45, 7) is 2.85. The number of carbonyl (C=O) groups is 1. The normalized spacial score (nSPS) is 11.6. The Bertz CT molecular complexity index is 226. The van der Waals surface area contributed by atoms with E-state index in [0.717, 1.165) is 19.3 Å². The maximum atomic E-state index is 11.4. The summed E-state index contributed by atoms with van der Waals surface area (Å²) in [5.41, 5.74) is 13.6. The standard InChI is InChI=1S/C9H18N4O2/c1-2-7-15-9(14)8(12-13-11)5-3-4-6-10/h8H,2-7,10H2,1H3/t8-/m0/s1. The topological polar surface area (TPSA) is 101 Å². The highest BCUT2D eigenvalue weighted by atomic mass is 16.5. The fourth-order valence-corrected chi connectivity index (χ4v) is 1.07. The van der Waals surface area contributed by atoms with Crippen LogP contribution in [0.2, 0.25) is 0 Å². The second kappa shape index (κ2) is 9.30. The van der Waals surface area contributed by atoms with E-state index in [-0.39, 0.29) is 0 Å². The number of hydrogen-bond donors (Lipinski definition) is 1. The van der Waals surface area contributed by atoms with Gasteiger partial charge in [0.2, 0.25) is 0 Å². The van der Waals surface area contributed by atoms with E-state index in [0.29, 0.717) is 19.6 Å². The Labute approximate surface area is 89.4 Å². The molecule has 86 valence electrons. The average molecular weight is 214 g/mol. The van der Waals surface area contributed by atoms with Crippen molar-refractivity contribution in [2.45, 2.75) is 38.6 Å². The Morgan fingerprint density at radius 1 is 1.60 bits per heavy atom. The minimum atomic E-state index is -0.701. The van der Waals surface area contributed by atoms with Crippen molar-refractivity contribution in [3.63, 3.8) is 0 Å². The van der Waals surface area contributed by atoms with Gasteiger partial charge in [-0.05, 0) is 31.3 Å². The van der Waals surface area contributed by atoms with Gasteiger partial charge in [0, 0.05) is 4.91 Å². The molecule has 0 unspecified atom stereocenters. The highest BCUT2D eigenvalue weighted by Gasteiger charge is 2.17. The second-order valence-corrected chi connectivity index (χ2v) is 3.17. The molecule has 0 aliphatic heterocycles. The lowest BCUT2D eigenvalue weighted by molar-refractivity contribution is -0.145. The van der Waals surface area contributed by atoms with Crippen LogP contribution in [-0.4, -0.2) is 25.2 Å². The van der Waals surface area contributed by atoms with Crippen LogP contribution in [-0.2, 0) is 9.53 Å². The van der Waals surface area contributed by atoms with Crippen molar-refractivity contribution >= 4 is 5.97 Å². The molecule has 0 aliphatic rings. The van der Waals surface area contributed by atoms with Crippen LogP contribution in [0.1, 0.15) is 32.6 Å². The van der Waals surface area contributed by atoms with Crippen LogP contribution < -0.4 is 5.73 Å². The summed E-state index contributed by atoms with van der Waals surface area (Å²) in [7, 11) is 0. The SMILES string of the molecule is CCCOC(=O)[C@H](CCCCN)N=[N+]=[N-]. The van der Waals surface area contributed by atoms with Crippen LogP contribution in [0.4, 0.5) is 0 Å². The fraction of sp³-hybridized carbons (Fsp3) is 0.889. The summed E-state index contributed by atoms with van der Waals surface area (Å²) in [5, 5.41) is 3.41. The Hall–Kier alpha value is -1.26. The van der Waals surface area contributed by atoms with Gasteiger partial charge >= 0.3 is 5.97 Å². The van der Waals surface area contributed by atoms with Gasteiger partial charge in [-0.25, -0.2) is 0 Å². The van der Waals surface area contributed by atoms with E-state index in [1.54, 1.807) is 0 Å². The first kappa shape index (κ1) is 13.7. The zero-order valence-electron chi connectivity index (χ0n) is 9.06. The van der Waals surface area contributed by atoms with Crippen LogP contribution in [0.25, 0.3) is 10.4 Å². The lowest BCUT2D eigenvalue weighted by Gasteiger charge is -2.09. The van der Waals surface area contributed by atoms with Crippen molar-refractivity contribution in [1.82, 2.24) is 0 Å². The molecule has 0 saturated carbocycles. The summed E-state index contributed by atoms with van der Waals surface area (Å²) in [4.78, 5) is 14.0. The van der Waals surface area contributed by atoms with Crippen LogP contribution in [0, 0.1) is 0 Å². The molecule has 2 N–H and O–H groups in total. The highest BCUT2D eigenvalue weighted by molar-refractivity contribution is 5.75. The summed E-state index contributed by atoms with van der Waals surface area (Å²) in [6, 6.07) is -0.701. The molecule has 0 radical (unpaired) electrons. The second-order valence-electron chi connectivity index (χ2n) is 3.17. The van der Waals surface area contributed by atoms with E-state index in [2.05, 4.69) is 10.0 Å². The zero-order chi connectivity index (χ0) is 11.5. The Morgan fingerprint density at radius 3 is 2.87 bits per heavy atom. The molecule has 0 aromatic rings. The molecule has 6 nitrogen and oxygen atoms in total. The third-order valence-corrected chi connectivity index (χ3v) is 1.84. The molecule has 0 heterocycles. The molecule has 0 amide bonds. The quantitative estimate of drug-likeness (QED) is 0.219. The number of rotatable bonds is 8. The van der Waals surface area contributed by atoms with E-state index >= 15 is 0 Å². The van der Waals surface area contributed by atoms with Gasteiger partial charge in [-0.1, -0.05) is 18.5 Å². The van der Waals surface area contributed by atoms with Gasteiger partial charge in [0.05, 0.1) is 6.61 Å². The molecule has 6 heteroatoms. The molecule has 0 aliphatic carbocycles. The van der Waals surface area contributed by atoms with Crippen LogP contribution in [0.3, 0.4) is 0 Å². The molecule has 0 spiro atoms. The molecule has 0 aromatic heterocycles. The van der Waals surface area contributed by atoms with Crippen LogP contribution >= 0.6 is 0 Å². The van der Waals surface area contributed by atoms with Gasteiger partial charge in [-0.2, -0.15) is 0 Å². The molecular formula is C9H18N4O2. The van der Waals surface area contributed by atoms with E-state index in [1.807, 2.05) is 6.92 Å². The molecule has 0 bridgehead atoms. The fourth-order valence-electron chi connectivity index (χ4n) is 1.07. The van der Waals surface area contributed by atoms with Gasteiger partial charge < -0.3 is 10.5 Å². The highest BCUT2D eigenvalue weighted by Crippen LogP contribution is 2.07. The number of esters is 1. The molecule has 0 fully saturated rings. The van der Waals surface area contributed by atoms with Crippen molar-refractivity contribution in [3.8, 4) is 0 Å². The predicted molar refractivity (Wildman–Crippen MR) is 57.1 cm³/mol. The van der Waals surface area contributed by atoms with Crippen molar-refractivity contribution in [1.29, 1.82) is 0 Å². The molecular weight excluding hydrogens is 196 g/mol. The Balaban J connectivity index is 4.00.